The lowest BCUT2D eigenvalue weighted by Crippen LogP contribution is -2.34. The third kappa shape index (κ3) is 27.3. The second-order valence-electron chi connectivity index (χ2n) is 14.8. The fourth-order valence-corrected chi connectivity index (χ4v) is 6.66. The van der Waals surface area contributed by atoms with E-state index in [1.165, 1.54) is 44.9 Å². The first-order valence-corrected chi connectivity index (χ1v) is 23.5. The zero-order valence-electron chi connectivity index (χ0n) is 38.5. The topological polar surface area (TPSA) is 111 Å². The molecule has 12 heteroatoms. The summed E-state index contributed by atoms with van der Waals surface area (Å²) in [4.78, 5) is 0. The monoisotopic (exact) mass is 885 g/mol. The van der Waals surface area contributed by atoms with Crippen LogP contribution in [0.5, 0.6) is 0 Å². The Labute approximate surface area is 379 Å². The van der Waals surface area contributed by atoms with E-state index >= 15 is 0 Å². The third-order valence-electron chi connectivity index (χ3n) is 9.95. The van der Waals surface area contributed by atoms with Crippen molar-refractivity contribution in [1.29, 1.82) is 0 Å². The van der Waals surface area contributed by atoms with E-state index in [9.17, 15) is 0 Å². The predicted molar refractivity (Wildman–Crippen MR) is 247 cm³/mol. The molecule has 0 unspecified atom stereocenters. The average molecular weight is 885 g/mol. The molecule has 3 rings (SSSR count). The largest absolute Gasteiger partial charge is 0.379 e. The van der Waals surface area contributed by atoms with Gasteiger partial charge < -0.3 is 56.8 Å². The molecule has 0 radical (unpaired) electrons. The number of benzene rings is 3. The Morgan fingerprint density at radius 2 is 0.476 bits per heavy atom. The van der Waals surface area contributed by atoms with Crippen molar-refractivity contribution in [1.82, 2.24) is 0 Å². The molecular weight excluding hydrogens is 805 g/mol. The molecule has 0 fully saturated rings. The van der Waals surface area contributed by atoms with Crippen LogP contribution in [0.4, 0.5) is 0 Å². The summed E-state index contributed by atoms with van der Waals surface area (Å²) in [6.45, 7) is 14.4. The lowest BCUT2D eigenvalue weighted by Gasteiger charge is -2.36. The van der Waals surface area contributed by atoms with E-state index < -0.39 is 5.60 Å². The molecule has 0 heterocycles. The molecule has 0 N–H and O–H groups in total. The van der Waals surface area contributed by atoms with Gasteiger partial charge in [-0.2, -0.15) is 0 Å². The van der Waals surface area contributed by atoms with Crippen molar-refractivity contribution < 1.29 is 56.8 Å². The lowest BCUT2D eigenvalue weighted by atomic mass is 9.80. The maximum absolute atomic E-state index is 6.74. The summed E-state index contributed by atoms with van der Waals surface area (Å²) >= 11 is 0. The van der Waals surface area contributed by atoms with E-state index in [4.69, 9.17) is 56.8 Å². The zero-order chi connectivity index (χ0) is 44.2. The Bertz CT molecular complexity index is 1270. The first kappa shape index (κ1) is 54.5. The van der Waals surface area contributed by atoms with Gasteiger partial charge in [0.15, 0.2) is 0 Å². The molecule has 0 saturated carbocycles. The maximum Gasteiger partial charge on any atom is 0.143 e. The summed E-state index contributed by atoms with van der Waals surface area (Å²) in [6.07, 6.45) is 10.5. The van der Waals surface area contributed by atoms with Crippen LogP contribution in [0.1, 0.15) is 75.0 Å². The lowest BCUT2D eigenvalue weighted by molar-refractivity contribution is -0.0399. The highest BCUT2D eigenvalue weighted by molar-refractivity contribution is 5.47. The molecule has 0 amide bonds. The van der Waals surface area contributed by atoms with E-state index in [0.29, 0.717) is 145 Å². The minimum Gasteiger partial charge on any atom is -0.379 e. The molecule has 12 nitrogen and oxygen atoms in total. The van der Waals surface area contributed by atoms with Crippen LogP contribution in [0.25, 0.3) is 0 Å². The summed E-state index contributed by atoms with van der Waals surface area (Å²) in [5.41, 5.74) is 2.45. The molecule has 63 heavy (non-hydrogen) atoms. The Hall–Kier alpha value is -2.82. The van der Waals surface area contributed by atoms with Crippen molar-refractivity contribution in [3.05, 3.63) is 108 Å². The number of hydrogen-bond donors (Lipinski definition) is 0. The first-order valence-electron chi connectivity index (χ1n) is 23.5. The van der Waals surface area contributed by atoms with Crippen LogP contribution in [0.15, 0.2) is 91.0 Å². The summed E-state index contributed by atoms with van der Waals surface area (Å²) in [6, 6.07) is 31.0. The Kier molecular flexibility index (Phi) is 35.2. The van der Waals surface area contributed by atoms with Crippen molar-refractivity contribution in [3.63, 3.8) is 0 Å². The number of hydrogen-bond acceptors (Lipinski definition) is 12. The third-order valence-corrected chi connectivity index (χ3v) is 9.95. The van der Waals surface area contributed by atoms with Crippen molar-refractivity contribution >= 4 is 0 Å². The predicted octanol–water partition coefficient (Wildman–Crippen LogP) is 8.32. The quantitative estimate of drug-likeness (QED) is 0.0402. The Morgan fingerprint density at radius 3 is 0.746 bits per heavy atom. The molecule has 0 aromatic heterocycles. The molecule has 3 aromatic carbocycles. The molecule has 356 valence electrons. The van der Waals surface area contributed by atoms with Gasteiger partial charge in [0.25, 0.3) is 0 Å². The van der Waals surface area contributed by atoms with Gasteiger partial charge in [0, 0.05) is 6.61 Å². The van der Waals surface area contributed by atoms with Gasteiger partial charge in [-0.15, -0.1) is 0 Å². The van der Waals surface area contributed by atoms with Gasteiger partial charge in [0.2, 0.25) is 0 Å². The Morgan fingerprint density at radius 1 is 0.254 bits per heavy atom. The van der Waals surface area contributed by atoms with Gasteiger partial charge >= 0.3 is 0 Å². The van der Waals surface area contributed by atoms with Crippen molar-refractivity contribution in [2.24, 2.45) is 0 Å². The van der Waals surface area contributed by atoms with Crippen LogP contribution < -0.4 is 0 Å². The minimum atomic E-state index is -0.752. The molecular formula is C51H80O12. The van der Waals surface area contributed by atoms with E-state index in [1.54, 1.807) is 0 Å². The van der Waals surface area contributed by atoms with Crippen LogP contribution in [0.3, 0.4) is 0 Å². The summed E-state index contributed by atoms with van der Waals surface area (Å²) in [5.74, 6) is 0. The smallest absolute Gasteiger partial charge is 0.143 e. The summed E-state index contributed by atoms with van der Waals surface area (Å²) in [7, 11) is 0. The Balaban J connectivity index is 0.988. The van der Waals surface area contributed by atoms with E-state index in [1.807, 2.05) is 54.6 Å². The van der Waals surface area contributed by atoms with Crippen LogP contribution >= 0.6 is 0 Å². The highest BCUT2D eigenvalue weighted by Gasteiger charge is 2.37. The molecule has 0 spiro atoms. The van der Waals surface area contributed by atoms with Gasteiger partial charge in [-0.1, -0.05) is 143 Å². The van der Waals surface area contributed by atoms with Gasteiger partial charge in [0.05, 0.1) is 145 Å². The SMILES string of the molecule is CCCCCCCCCCOCCOCCOCCOCCOCCOCCOCCOCCOCCOCCOCCOC(c1ccccc1)(c1ccccc1)c1ccccc1. The van der Waals surface area contributed by atoms with Gasteiger partial charge in [-0.25, -0.2) is 0 Å². The number of ether oxygens (including phenoxy) is 12. The van der Waals surface area contributed by atoms with Crippen LogP contribution in [0, 0.1) is 0 Å². The second kappa shape index (κ2) is 40.7. The van der Waals surface area contributed by atoms with Crippen LogP contribution in [0.2, 0.25) is 0 Å². The van der Waals surface area contributed by atoms with Gasteiger partial charge in [0.1, 0.15) is 5.60 Å². The van der Waals surface area contributed by atoms with Gasteiger partial charge in [-0.05, 0) is 23.1 Å². The number of rotatable bonds is 46. The molecule has 0 saturated heterocycles. The van der Waals surface area contributed by atoms with E-state index in [0.717, 1.165) is 29.7 Å². The molecule has 0 aliphatic rings. The second-order valence-corrected chi connectivity index (χ2v) is 14.8. The molecule has 0 bridgehead atoms. The fourth-order valence-electron chi connectivity index (χ4n) is 6.66. The minimum absolute atomic E-state index is 0.416. The zero-order valence-corrected chi connectivity index (χ0v) is 38.5. The highest BCUT2D eigenvalue weighted by atomic mass is 16.6. The van der Waals surface area contributed by atoms with Crippen molar-refractivity contribution in [2.45, 2.75) is 63.9 Å². The van der Waals surface area contributed by atoms with Crippen molar-refractivity contribution in [3.8, 4) is 0 Å². The normalized spacial score (nSPS) is 11.8. The summed E-state index contributed by atoms with van der Waals surface area (Å²) in [5, 5.41) is 0. The standard InChI is InChI=1S/C51H80O12/c1-2-3-4-5-6-7-8-18-25-52-26-27-53-28-29-54-30-31-55-32-33-56-34-35-57-36-37-58-38-39-59-40-41-60-42-43-61-44-45-62-46-47-63-51(48-19-12-9-13-20-48,49-21-14-10-15-22-49)50-23-16-11-17-24-50/h9-17,19-24H,2-8,18,25-47H2,1H3. The molecule has 0 aliphatic carbocycles. The van der Waals surface area contributed by atoms with E-state index in [2.05, 4.69) is 43.3 Å². The molecule has 3 aromatic rings. The molecule has 0 atom stereocenters. The van der Waals surface area contributed by atoms with E-state index in [-0.39, 0.29) is 0 Å². The van der Waals surface area contributed by atoms with Crippen LogP contribution in [-0.4, -0.2) is 152 Å². The maximum atomic E-state index is 6.74. The molecule has 0 aliphatic heterocycles. The average Bonchev–Trinajstić information content (AvgIpc) is 3.33. The summed E-state index contributed by atoms with van der Waals surface area (Å²) < 4.78 is 68.4. The van der Waals surface area contributed by atoms with Gasteiger partial charge in [-0.3, -0.25) is 0 Å². The van der Waals surface area contributed by atoms with Crippen molar-refractivity contribution in [2.75, 3.05) is 152 Å². The highest BCUT2D eigenvalue weighted by Crippen LogP contribution is 2.40. The fraction of sp³-hybridized carbons (Fsp3) is 0.647. The first-order chi connectivity index (χ1) is 31.4. The van der Waals surface area contributed by atoms with Crippen LogP contribution in [-0.2, 0) is 62.4 Å². The number of unbranched alkanes of at least 4 members (excludes halogenated alkanes) is 7.